The molecule has 1 heterocycles. The van der Waals surface area contributed by atoms with E-state index in [0.717, 1.165) is 29.3 Å². The van der Waals surface area contributed by atoms with E-state index in [0.29, 0.717) is 5.92 Å². The summed E-state index contributed by atoms with van der Waals surface area (Å²) in [5.41, 5.74) is 1.32. The van der Waals surface area contributed by atoms with E-state index in [1.165, 1.54) is 6.42 Å². The summed E-state index contributed by atoms with van der Waals surface area (Å²) < 4.78 is 0. The lowest BCUT2D eigenvalue weighted by Gasteiger charge is -2.42. The molecule has 1 N–H and O–H groups in total. The number of fused-ring (bicyclic) bond motifs is 1. The third-order valence-corrected chi connectivity index (χ3v) is 4.94. The molecule has 0 spiro atoms. The van der Waals surface area contributed by atoms with Gasteiger partial charge >= 0.3 is 0 Å². The Bertz CT molecular complexity index is 589. The van der Waals surface area contributed by atoms with Crippen molar-refractivity contribution < 1.29 is 5.11 Å². The maximum absolute atomic E-state index is 11.3. The monoisotopic (exact) mass is 255 g/mol. The molecule has 3 unspecified atom stereocenters. The van der Waals surface area contributed by atoms with E-state index in [2.05, 4.69) is 31.0 Å². The summed E-state index contributed by atoms with van der Waals surface area (Å²) in [4.78, 5) is 4.40. The van der Waals surface area contributed by atoms with Gasteiger partial charge in [-0.1, -0.05) is 38.5 Å². The third kappa shape index (κ3) is 1.95. The van der Waals surface area contributed by atoms with Crippen LogP contribution >= 0.6 is 0 Å². The minimum absolute atomic E-state index is 0.284. The Labute approximate surface area is 114 Å². The molecule has 1 fully saturated rings. The molecule has 100 valence electrons. The second kappa shape index (κ2) is 4.61. The lowest BCUT2D eigenvalue weighted by Crippen LogP contribution is -2.40. The highest BCUT2D eigenvalue weighted by atomic mass is 16.3. The molecule has 2 aromatic rings. The first kappa shape index (κ1) is 12.6. The van der Waals surface area contributed by atoms with Gasteiger partial charge in [-0.05, 0) is 42.4 Å². The molecule has 3 atom stereocenters. The van der Waals surface area contributed by atoms with Crippen molar-refractivity contribution in [3.8, 4) is 0 Å². The van der Waals surface area contributed by atoms with Gasteiger partial charge in [-0.25, -0.2) is 0 Å². The van der Waals surface area contributed by atoms with Gasteiger partial charge in [0, 0.05) is 11.6 Å². The first-order valence-corrected chi connectivity index (χ1v) is 7.19. The molecule has 1 aliphatic carbocycles. The molecule has 2 heteroatoms. The molecule has 2 nitrogen and oxygen atoms in total. The maximum atomic E-state index is 11.3. The maximum Gasteiger partial charge on any atom is 0.0931 e. The number of benzene rings is 1. The molecule has 1 aromatic carbocycles. The third-order valence-electron chi connectivity index (χ3n) is 4.94. The fourth-order valence-electron chi connectivity index (χ4n) is 3.50. The van der Waals surface area contributed by atoms with Crippen molar-refractivity contribution in [2.75, 3.05) is 0 Å². The van der Waals surface area contributed by atoms with E-state index in [1.807, 2.05) is 24.4 Å². The van der Waals surface area contributed by atoms with Crippen LogP contribution in [0.1, 0.15) is 38.7 Å². The SMILES string of the molecule is CC1CCCC(O)(c2cccc3ncccc23)C1C. The normalized spacial score (nSPS) is 31.5. The molecular weight excluding hydrogens is 234 g/mol. The number of pyridine rings is 1. The average Bonchev–Trinajstić information content (AvgIpc) is 2.44. The molecule has 0 amide bonds. The van der Waals surface area contributed by atoms with Crippen LogP contribution < -0.4 is 0 Å². The van der Waals surface area contributed by atoms with Gasteiger partial charge in [0.25, 0.3) is 0 Å². The summed E-state index contributed by atoms with van der Waals surface area (Å²) in [5, 5.41) is 12.3. The number of rotatable bonds is 1. The van der Waals surface area contributed by atoms with Crippen molar-refractivity contribution in [2.45, 2.75) is 38.7 Å². The Morgan fingerprint density at radius 1 is 1.21 bits per heavy atom. The summed E-state index contributed by atoms with van der Waals surface area (Å²) >= 11 is 0. The van der Waals surface area contributed by atoms with Gasteiger partial charge in [0.05, 0.1) is 11.1 Å². The van der Waals surface area contributed by atoms with Gasteiger partial charge in [0.15, 0.2) is 0 Å². The van der Waals surface area contributed by atoms with Crippen molar-refractivity contribution in [3.63, 3.8) is 0 Å². The minimum atomic E-state index is -0.708. The predicted molar refractivity (Wildman–Crippen MR) is 77.8 cm³/mol. The predicted octanol–water partition coefficient (Wildman–Crippen LogP) is 3.88. The number of aromatic nitrogens is 1. The molecule has 1 aliphatic rings. The summed E-state index contributed by atoms with van der Waals surface area (Å²) in [6.07, 6.45) is 4.97. The standard InChI is InChI=1S/C17H21NO/c1-12-6-4-10-17(19,13(12)2)15-8-3-9-16-14(15)7-5-11-18-16/h3,5,7-9,11-13,19H,4,6,10H2,1-2H3. The van der Waals surface area contributed by atoms with Crippen LogP contribution in [0, 0.1) is 11.8 Å². The molecule has 0 radical (unpaired) electrons. The van der Waals surface area contributed by atoms with Crippen LogP contribution in [0.5, 0.6) is 0 Å². The van der Waals surface area contributed by atoms with Gasteiger partial charge < -0.3 is 5.11 Å². The fourth-order valence-corrected chi connectivity index (χ4v) is 3.50. The van der Waals surface area contributed by atoms with Crippen LogP contribution in [0.4, 0.5) is 0 Å². The number of hydrogen-bond acceptors (Lipinski definition) is 2. The van der Waals surface area contributed by atoms with E-state index in [9.17, 15) is 5.11 Å². The second-order valence-electron chi connectivity index (χ2n) is 5.96. The largest absolute Gasteiger partial charge is 0.385 e. The highest BCUT2D eigenvalue weighted by Crippen LogP contribution is 2.46. The number of nitrogens with zero attached hydrogens (tertiary/aromatic N) is 1. The molecular formula is C17H21NO. The van der Waals surface area contributed by atoms with Gasteiger partial charge in [0.2, 0.25) is 0 Å². The van der Waals surface area contributed by atoms with E-state index < -0.39 is 5.60 Å². The van der Waals surface area contributed by atoms with E-state index in [-0.39, 0.29) is 5.92 Å². The quantitative estimate of drug-likeness (QED) is 0.839. The van der Waals surface area contributed by atoms with Crippen LogP contribution in [0.3, 0.4) is 0 Å². The zero-order valence-electron chi connectivity index (χ0n) is 11.6. The molecule has 0 bridgehead atoms. The summed E-state index contributed by atoms with van der Waals surface area (Å²) in [6.45, 7) is 4.43. The topological polar surface area (TPSA) is 33.1 Å². The van der Waals surface area contributed by atoms with Gasteiger partial charge in [0.1, 0.15) is 0 Å². The Kier molecular flexibility index (Phi) is 3.06. The zero-order chi connectivity index (χ0) is 13.5. The Morgan fingerprint density at radius 3 is 2.89 bits per heavy atom. The van der Waals surface area contributed by atoms with Crippen molar-refractivity contribution in [2.24, 2.45) is 11.8 Å². The fraction of sp³-hybridized carbons (Fsp3) is 0.471. The van der Waals surface area contributed by atoms with E-state index >= 15 is 0 Å². The van der Waals surface area contributed by atoms with Crippen LogP contribution in [0.2, 0.25) is 0 Å². The Balaban J connectivity index is 2.18. The number of hydrogen-bond donors (Lipinski definition) is 1. The molecule has 19 heavy (non-hydrogen) atoms. The average molecular weight is 255 g/mol. The van der Waals surface area contributed by atoms with Crippen molar-refractivity contribution in [1.82, 2.24) is 4.98 Å². The Morgan fingerprint density at radius 2 is 2.05 bits per heavy atom. The van der Waals surface area contributed by atoms with Crippen LogP contribution in [-0.4, -0.2) is 10.1 Å². The summed E-state index contributed by atoms with van der Waals surface area (Å²) in [5.74, 6) is 0.845. The smallest absolute Gasteiger partial charge is 0.0931 e. The van der Waals surface area contributed by atoms with Gasteiger partial charge in [-0.2, -0.15) is 0 Å². The molecule has 1 aromatic heterocycles. The summed E-state index contributed by atoms with van der Waals surface area (Å²) in [6, 6.07) is 10.1. The van der Waals surface area contributed by atoms with Crippen molar-refractivity contribution in [3.05, 3.63) is 42.1 Å². The first-order chi connectivity index (χ1) is 9.13. The Hall–Kier alpha value is -1.41. The zero-order valence-corrected chi connectivity index (χ0v) is 11.6. The van der Waals surface area contributed by atoms with Gasteiger partial charge in [-0.3, -0.25) is 4.98 Å². The van der Waals surface area contributed by atoms with Crippen molar-refractivity contribution in [1.29, 1.82) is 0 Å². The first-order valence-electron chi connectivity index (χ1n) is 7.19. The van der Waals surface area contributed by atoms with Crippen LogP contribution in [0.15, 0.2) is 36.5 Å². The minimum Gasteiger partial charge on any atom is -0.385 e. The molecule has 0 saturated heterocycles. The molecule has 0 aliphatic heterocycles. The van der Waals surface area contributed by atoms with E-state index in [4.69, 9.17) is 0 Å². The highest BCUT2D eigenvalue weighted by molar-refractivity contribution is 5.82. The second-order valence-corrected chi connectivity index (χ2v) is 5.96. The lowest BCUT2D eigenvalue weighted by atomic mass is 9.67. The summed E-state index contributed by atoms with van der Waals surface area (Å²) in [7, 11) is 0. The van der Waals surface area contributed by atoms with Crippen molar-refractivity contribution >= 4 is 10.9 Å². The van der Waals surface area contributed by atoms with Crippen LogP contribution in [0.25, 0.3) is 10.9 Å². The van der Waals surface area contributed by atoms with Gasteiger partial charge in [-0.15, -0.1) is 0 Å². The molecule has 1 saturated carbocycles. The molecule has 3 rings (SSSR count). The lowest BCUT2D eigenvalue weighted by molar-refractivity contribution is -0.0676. The number of aliphatic hydroxyl groups is 1. The van der Waals surface area contributed by atoms with Crippen LogP contribution in [-0.2, 0) is 5.60 Å². The highest BCUT2D eigenvalue weighted by Gasteiger charge is 2.41. The van der Waals surface area contributed by atoms with E-state index in [1.54, 1.807) is 0 Å².